The van der Waals surface area contributed by atoms with E-state index in [0.717, 1.165) is 11.8 Å². The van der Waals surface area contributed by atoms with Crippen molar-refractivity contribution in [1.82, 2.24) is 0 Å². The van der Waals surface area contributed by atoms with Crippen LogP contribution in [0.15, 0.2) is 24.3 Å². The molecule has 1 N–H and O–H groups in total. The van der Waals surface area contributed by atoms with E-state index in [0.29, 0.717) is 5.56 Å². The second kappa shape index (κ2) is 6.07. The minimum Gasteiger partial charge on any atom is -0.478 e. The molecule has 0 bridgehead atoms. The summed E-state index contributed by atoms with van der Waals surface area (Å²) in [5.41, 5.74) is 1.32. The average molecular weight is 279 g/mol. The van der Waals surface area contributed by atoms with E-state index in [1.807, 2.05) is 11.9 Å². The zero-order valence-corrected chi connectivity index (χ0v) is 12.6. The van der Waals surface area contributed by atoms with Crippen molar-refractivity contribution in [2.75, 3.05) is 11.9 Å². The van der Waals surface area contributed by atoms with Crippen molar-refractivity contribution in [3.05, 3.63) is 35.7 Å². The van der Waals surface area contributed by atoms with Gasteiger partial charge in [0.25, 0.3) is 0 Å². The molecule has 0 aliphatic carbocycles. The van der Waals surface area contributed by atoms with Crippen LogP contribution in [-0.2, 0) is 4.79 Å². The Morgan fingerprint density at radius 1 is 1.35 bits per heavy atom. The molecule has 0 aliphatic heterocycles. The lowest BCUT2D eigenvalue weighted by atomic mass is 9.87. The molecule has 1 unspecified atom stereocenters. The summed E-state index contributed by atoms with van der Waals surface area (Å²) in [4.78, 5) is 12.5. The number of hydrogen-bond donors (Lipinski definition) is 1. The first-order valence-corrected chi connectivity index (χ1v) is 6.55. The van der Waals surface area contributed by atoms with E-state index in [-0.39, 0.29) is 17.3 Å². The van der Waals surface area contributed by atoms with Crippen molar-refractivity contribution >= 4 is 17.7 Å². The summed E-state index contributed by atoms with van der Waals surface area (Å²) in [5, 5.41) is 8.63. The summed E-state index contributed by atoms with van der Waals surface area (Å²) in [6.45, 7) is 8.45. The summed E-state index contributed by atoms with van der Waals surface area (Å²) in [6.07, 6.45) is 2.40. The van der Waals surface area contributed by atoms with Crippen LogP contribution in [-0.4, -0.2) is 24.2 Å². The number of anilines is 1. The third kappa shape index (κ3) is 4.37. The summed E-state index contributed by atoms with van der Waals surface area (Å²) in [7, 11) is 1.91. The van der Waals surface area contributed by atoms with Gasteiger partial charge >= 0.3 is 5.97 Å². The molecule has 1 aromatic rings. The van der Waals surface area contributed by atoms with Crippen LogP contribution in [0, 0.1) is 11.2 Å². The highest BCUT2D eigenvalue weighted by Crippen LogP contribution is 2.28. The van der Waals surface area contributed by atoms with Crippen molar-refractivity contribution in [3.8, 4) is 0 Å². The minimum atomic E-state index is -1.05. The van der Waals surface area contributed by atoms with Crippen LogP contribution in [0.1, 0.15) is 33.3 Å². The Hall–Kier alpha value is -1.84. The molecular formula is C16H22FNO2. The lowest BCUT2D eigenvalue weighted by molar-refractivity contribution is -0.131. The number of aliphatic carboxylic acids is 1. The van der Waals surface area contributed by atoms with Crippen molar-refractivity contribution in [1.29, 1.82) is 0 Å². The molecule has 3 nitrogen and oxygen atoms in total. The van der Waals surface area contributed by atoms with E-state index < -0.39 is 5.97 Å². The predicted molar refractivity (Wildman–Crippen MR) is 80.4 cm³/mol. The van der Waals surface area contributed by atoms with Gasteiger partial charge in [0.1, 0.15) is 5.82 Å². The zero-order valence-electron chi connectivity index (χ0n) is 12.6. The maximum atomic E-state index is 13.7. The standard InChI is InChI=1S/C16H22FNO2/c1-11(16(2,3)4)18(5)14-9-12(6-7-15(19)20)8-13(17)10-14/h6-11H,1-5H3,(H,19,20)/b7-6+. The summed E-state index contributed by atoms with van der Waals surface area (Å²) in [5.74, 6) is -1.42. The number of nitrogens with zero attached hydrogens (tertiary/aromatic N) is 1. The summed E-state index contributed by atoms with van der Waals surface area (Å²) >= 11 is 0. The molecule has 0 spiro atoms. The first-order chi connectivity index (χ1) is 9.11. The molecule has 110 valence electrons. The molecule has 0 aromatic heterocycles. The Morgan fingerprint density at radius 3 is 2.45 bits per heavy atom. The number of carboxylic acids is 1. The van der Waals surface area contributed by atoms with Gasteiger partial charge in [-0.05, 0) is 42.2 Å². The van der Waals surface area contributed by atoms with E-state index in [4.69, 9.17) is 5.11 Å². The lowest BCUT2D eigenvalue weighted by Crippen LogP contribution is -2.39. The van der Waals surface area contributed by atoms with Gasteiger partial charge in [0.15, 0.2) is 0 Å². The van der Waals surface area contributed by atoms with Crippen LogP contribution >= 0.6 is 0 Å². The van der Waals surface area contributed by atoms with Gasteiger partial charge in [-0.15, -0.1) is 0 Å². The fraction of sp³-hybridized carbons (Fsp3) is 0.438. The number of carbonyl (C=O) groups is 1. The smallest absolute Gasteiger partial charge is 0.328 e. The van der Waals surface area contributed by atoms with Gasteiger partial charge in [0, 0.05) is 24.9 Å². The topological polar surface area (TPSA) is 40.5 Å². The maximum Gasteiger partial charge on any atom is 0.328 e. The van der Waals surface area contributed by atoms with Crippen LogP contribution in [0.4, 0.5) is 10.1 Å². The number of halogens is 1. The first kappa shape index (κ1) is 16.2. The SMILES string of the molecule is CC(N(C)c1cc(F)cc(/C=C/C(=O)O)c1)C(C)(C)C. The second-order valence-corrected chi connectivity index (χ2v) is 6.07. The van der Waals surface area contributed by atoms with Gasteiger partial charge in [-0.25, -0.2) is 9.18 Å². The largest absolute Gasteiger partial charge is 0.478 e. The van der Waals surface area contributed by atoms with Crippen LogP contribution in [0.2, 0.25) is 0 Å². The highest BCUT2D eigenvalue weighted by Gasteiger charge is 2.24. The molecule has 0 radical (unpaired) electrons. The number of benzene rings is 1. The van der Waals surface area contributed by atoms with E-state index in [1.165, 1.54) is 18.2 Å². The number of rotatable bonds is 4. The second-order valence-electron chi connectivity index (χ2n) is 6.07. The average Bonchev–Trinajstić information content (AvgIpc) is 2.32. The molecule has 1 atom stereocenters. The van der Waals surface area contributed by atoms with Crippen molar-refractivity contribution in [3.63, 3.8) is 0 Å². The lowest BCUT2D eigenvalue weighted by Gasteiger charge is -2.37. The molecular weight excluding hydrogens is 257 g/mol. The fourth-order valence-corrected chi connectivity index (χ4v) is 1.87. The van der Waals surface area contributed by atoms with Gasteiger partial charge in [-0.3, -0.25) is 0 Å². The molecule has 0 amide bonds. The normalized spacial score (nSPS) is 13.5. The Balaban J connectivity index is 3.10. The van der Waals surface area contributed by atoms with Gasteiger partial charge in [-0.2, -0.15) is 0 Å². The summed E-state index contributed by atoms with van der Waals surface area (Å²) < 4.78 is 13.7. The Labute approximate surface area is 119 Å². The molecule has 0 aliphatic rings. The van der Waals surface area contributed by atoms with E-state index >= 15 is 0 Å². The first-order valence-electron chi connectivity index (χ1n) is 6.55. The fourth-order valence-electron chi connectivity index (χ4n) is 1.87. The number of hydrogen-bond acceptors (Lipinski definition) is 2. The summed E-state index contributed by atoms with van der Waals surface area (Å²) in [6, 6.07) is 4.77. The molecule has 4 heteroatoms. The third-order valence-electron chi connectivity index (χ3n) is 3.56. The molecule has 1 rings (SSSR count). The minimum absolute atomic E-state index is 0.0537. The quantitative estimate of drug-likeness (QED) is 0.852. The van der Waals surface area contributed by atoms with Crippen molar-refractivity contribution in [2.24, 2.45) is 5.41 Å². The monoisotopic (exact) mass is 279 g/mol. The molecule has 0 saturated carbocycles. The predicted octanol–water partition coefficient (Wildman–Crippen LogP) is 3.79. The highest BCUT2D eigenvalue weighted by molar-refractivity contribution is 5.85. The van der Waals surface area contributed by atoms with Crippen molar-refractivity contribution in [2.45, 2.75) is 33.7 Å². The number of carboxylic acid groups (broad SMARTS) is 1. The molecule has 0 fully saturated rings. The van der Waals surface area contributed by atoms with Gasteiger partial charge in [-0.1, -0.05) is 20.8 Å². The van der Waals surface area contributed by atoms with Crippen LogP contribution in [0.25, 0.3) is 6.08 Å². The zero-order chi connectivity index (χ0) is 15.5. The third-order valence-corrected chi connectivity index (χ3v) is 3.56. The molecule has 1 aromatic carbocycles. The Kier molecular flexibility index (Phi) is 4.93. The van der Waals surface area contributed by atoms with E-state index in [9.17, 15) is 9.18 Å². The maximum absolute atomic E-state index is 13.7. The van der Waals surface area contributed by atoms with Crippen molar-refractivity contribution < 1.29 is 14.3 Å². The van der Waals surface area contributed by atoms with E-state index in [1.54, 1.807) is 6.07 Å². The van der Waals surface area contributed by atoms with Crippen LogP contribution in [0.3, 0.4) is 0 Å². The van der Waals surface area contributed by atoms with Gasteiger partial charge in [0.05, 0.1) is 0 Å². The molecule has 0 saturated heterocycles. The Bertz CT molecular complexity index is 518. The molecule has 20 heavy (non-hydrogen) atoms. The van der Waals surface area contributed by atoms with Gasteiger partial charge in [0.2, 0.25) is 0 Å². The molecule has 0 heterocycles. The van der Waals surface area contributed by atoms with Crippen LogP contribution in [0.5, 0.6) is 0 Å². The van der Waals surface area contributed by atoms with Crippen LogP contribution < -0.4 is 4.90 Å². The highest BCUT2D eigenvalue weighted by atomic mass is 19.1. The Morgan fingerprint density at radius 2 is 1.95 bits per heavy atom. The van der Waals surface area contributed by atoms with Gasteiger partial charge < -0.3 is 10.0 Å². The van der Waals surface area contributed by atoms with E-state index in [2.05, 4.69) is 27.7 Å².